The van der Waals surface area contributed by atoms with E-state index in [1.165, 1.54) is 12.1 Å². The van der Waals surface area contributed by atoms with Crippen LogP contribution in [0.5, 0.6) is 0 Å². The fraction of sp³-hybridized carbons (Fsp3) is 0.250. The number of hydrogen-bond donors (Lipinski definition) is 0. The van der Waals surface area contributed by atoms with E-state index in [0.29, 0.717) is 5.06 Å². The summed E-state index contributed by atoms with van der Waals surface area (Å²) in [6, 6.07) is 10.4. The van der Waals surface area contributed by atoms with E-state index in [-0.39, 0.29) is 17.5 Å². The number of hydrogen-bond acceptors (Lipinski definition) is 5. The van der Waals surface area contributed by atoms with Crippen LogP contribution in [0.3, 0.4) is 0 Å². The Bertz CT molecular complexity index is 860. The van der Waals surface area contributed by atoms with Gasteiger partial charge < -0.3 is 9.74 Å². The first kappa shape index (κ1) is 17.7. The molecule has 0 atom stereocenters. The van der Waals surface area contributed by atoms with Crippen LogP contribution < -0.4 is 4.90 Å². The molecule has 26 heavy (non-hydrogen) atoms. The molecule has 0 saturated carbocycles. The van der Waals surface area contributed by atoms with Gasteiger partial charge in [0, 0.05) is 19.8 Å². The van der Waals surface area contributed by atoms with E-state index < -0.39 is 17.8 Å². The number of nitrogens with zero attached hydrogens (tertiary/aromatic N) is 2. The molecule has 0 N–H and O–H groups in total. The normalized spacial score (nSPS) is 13.0. The lowest BCUT2D eigenvalue weighted by atomic mass is 9.99. The van der Waals surface area contributed by atoms with E-state index in [4.69, 9.17) is 4.84 Å². The van der Waals surface area contributed by atoms with Gasteiger partial charge in [0.25, 0.3) is 11.8 Å². The predicted octanol–water partition coefficient (Wildman–Crippen LogP) is 2.67. The lowest BCUT2D eigenvalue weighted by molar-refractivity contribution is -0.167. The summed E-state index contributed by atoms with van der Waals surface area (Å²) in [7, 11) is 3.90. The maximum Gasteiger partial charge on any atom is 0.337 e. The standard InChI is InChI=1S/C20H20N2O4/c1-12-9-14(21(3)4)10-13(2)17(12)11-18(23)26-22-19(24)15-7-5-6-8-16(15)20(22)25/h5-10H,11H2,1-4H3. The Kier molecular flexibility index (Phi) is 4.50. The molecule has 0 aliphatic carbocycles. The Balaban J connectivity index is 1.77. The minimum atomic E-state index is -0.650. The van der Waals surface area contributed by atoms with Crippen LogP contribution in [0.25, 0.3) is 0 Å². The SMILES string of the molecule is Cc1cc(N(C)C)cc(C)c1CC(=O)ON1C(=O)c2ccccc2C1=O. The van der Waals surface area contributed by atoms with Crippen molar-refractivity contribution in [1.82, 2.24) is 5.06 Å². The predicted molar refractivity (Wildman–Crippen MR) is 97.0 cm³/mol. The summed E-state index contributed by atoms with van der Waals surface area (Å²) >= 11 is 0. The summed E-state index contributed by atoms with van der Waals surface area (Å²) in [6.45, 7) is 3.84. The van der Waals surface area contributed by atoms with Gasteiger partial charge in [-0.15, -0.1) is 0 Å². The lowest BCUT2D eigenvalue weighted by Crippen LogP contribution is -2.33. The van der Waals surface area contributed by atoms with Gasteiger partial charge in [-0.05, 0) is 54.8 Å². The quantitative estimate of drug-likeness (QED) is 0.792. The average Bonchev–Trinajstić information content (AvgIpc) is 2.83. The zero-order valence-corrected chi connectivity index (χ0v) is 15.2. The van der Waals surface area contributed by atoms with Crippen molar-refractivity contribution < 1.29 is 19.2 Å². The molecule has 1 aliphatic rings. The van der Waals surface area contributed by atoms with E-state index in [0.717, 1.165) is 22.4 Å². The largest absolute Gasteiger partial charge is 0.378 e. The molecular weight excluding hydrogens is 332 g/mol. The Morgan fingerprint density at radius 1 is 1.00 bits per heavy atom. The molecule has 0 bridgehead atoms. The Morgan fingerprint density at radius 3 is 1.96 bits per heavy atom. The van der Waals surface area contributed by atoms with Crippen molar-refractivity contribution in [3.63, 3.8) is 0 Å². The number of benzene rings is 2. The van der Waals surface area contributed by atoms with Gasteiger partial charge in [-0.1, -0.05) is 17.2 Å². The highest BCUT2D eigenvalue weighted by Gasteiger charge is 2.38. The van der Waals surface area contributed by atoms with E-state index >= 15 is 0 Å². The third-order valence-corrected chi connectivity index (χ3v) is 4.47. The minimum Gasteiger partial charge on any atom is -0.378 e. The fourth-order valence-corrected chi connectivity index (χ4v) is 3.04. The van der Waals surface area contributed by atoms with Crippen LogP contribution in [-0.2, 0) is 16.1 Å². The van der Waals surface area contributed by atoms with Gasteiger partial charge in [0.2, 0.25) is 0 Å². The van der Waals surface area contributed by atoms with Crippen LogP contribution in [0.4, 0.5) is 5.69 Å². The number of carbonyl (C=O) groups is 3. The monoisotopic (exact) mass is 352 g/mol. The molecule has 0 radical (unpaired) electrons. The van der Waals surface area contributed by atoms with Crippen LogP contribution in [0.15, 0.2) is 36.4 Å². The highest BCUT2D eigenvalue weighted by Crippen LogP contribution is 2.25. The molecule has 1 aliphatic heterocycles. The zero-order chi connectivity index (χ0) is 19.0. The number of rotatable bonds is 4. The Hall–Kier alpha value is -3.15. The van der Waals surface area contributed by atoms with Crippen LogP contribution in [0.1, 0.15) is 37.4 Å². The van der Waals surface area contributed by atoms with Crippen molar-refractivity contribution in [2.45, 2.75) is 20.3 Å². The second-order valence-corrected chi connectivity index (χ2v) is 6.54. The van der Waals surface area contributed by atoms with E-state index in [9.17, 15) is 14.4 Å². The van der Waals surface area contributed by atoms with Gasteiger partial charge in [0.15, 0.2) is 0 Å². The van der Waals surface area contributed by atoms with Crippen LogP contribution in [0.2, 0.25) is 0 Å². The number of fused-ring (bicyclic) bond motifs is 1. The molecule has 2 aromatic rings. The molecule has 1 heterocycles. The minimum absolute atomic E-state index is 0.0151. The topological polar surface area (TPSA) is 66.9 Å². The summed E-state index contributed by atoms with van der Waals surface area (Å²) in [5.41, 5.74) is 4.26. The highest BCUT2D eigenvalue weighted by molar-refractivity contribution is 6.20. The number of carbonyl (C=O) groups excluding carboxylic acids is 3. The molecule has 134 valence electrons. The first-order chi connectivity index (χ1) is 12.3. The van der Waals surface area contributed by atoms with Crippen LogP contribution in [-0.4, -0.2) is 36.9 Å². The maximum atomic E-state index is 12.4. The molecule has 0 aromatic heterocycles. The van der Waals surface area contributed by atoms with Crippen molar-refractivity contribution in [2.24, 2.45) is 0 Å². The summed E-state index contributed by atoms with van der Waals surface area (Å²) < 4.78 is 0. The molecule has 2 amide bonds. The number of anilines is 1. The molecule has 6 nitrogen and oxygen atoms in total. The lowest BCUT2D eigenvalue weighted by Gasteiger charge is -2.18. The summed E-state index contributed by atoms with van der Waals surface area (Å²) in [5.74, 6) is -1.88. The van der Waals surface area contributed by atoms with Gasteiger partial charge in [-0.3, -0.25) is 9.59 Å². The van der Waals surface area contributed by atoms with Gasteiger partial charge >= 0.3 is 5.97 Å². The van der Waals surface area contributed by atoms with Crippen molar-refractivity contribution in [1.29, 1.82) is 0 Å². The van der Waals surface area contributed by atoms with Crippen molar-refractivity contribution in [3.05, 3.63) is 64.2 Å². The molecule has 6 heteroatoms. The van der Waals surface area contributed by atoms with Crippen LogP contribution in [0, 0.1) is 13.8 Å². The number of aryl methyl sites for hydroxylation is 2. The molecule has 3 rings (SSSR count). The van der Waals surface area contributed by atoms with E-state index in [2.05, 4.69) is 0 Å². The number of imide groups is 1. The van der Waals surface area contributed by atoms with Crippen molar-refractivity contribution in [2.75, 3.05) is 19.0 Å². The molecule has 0 unspecified atom stereocenters. The molecule has 2 aromatic carbocycles. The summed E-state index contributed by atoms with van der Waals surface area (Å²) in [6.07, 6.45) is -0.0151. The first-order valence-electron chi connectivity index (χ1n) is 8.25. The second kappa shape index (κ2) is 6.63. The fourth-order valence-electron chi connectivity index (χ4n) is 3.04. The molecule has 0 fully saturated rings. The number of hydroxylamine groups is 2. The van der Waals surface area contributed by atoms with E-state index in [1.807, 2.05) is 45.0 Å². The smallest absolute Gasteiger partial charge is 0.337 e. The summed E-state index contributed by atoms with van der Waals surface area (Å²) in [5, 5.41) is 0.547. The van der Waals surface area contributed by atoms with Gasteiger partial charge in [-0.25, -0.2) is 4.79 Å². The second-order valence-electron chi connectivity index (χ2n) is 6.54. The zero-order valence-electron chi connectivity index (χ0n) is 15.2. The third kappa shape index (κ3) is 3.06. The van der Waals surface area contributed by atoms with Crippen molar-refractivity contribution >= 4 is 23.5 Å². The molecule has 0 saturated heterocycles. The first-order valence-corrected chi connectivity index (χ1v) is 8.25. The van der Waals surface area contributed by atoms with Gasteiger partial charge in [0.05, 0.1) is 17.5 Å². The molecule has 0 spiro atoms. The van der Waals surface area contributed by atoms with Crippen LogP contribution >= 0.6 is 0 Å². The maximum absolute atomic E-state index is 12.4. The van der Waals surface area contributed by atoms with Gasteiger partial charge in [-0.2, -0.15) is 0 Å². The average molecular weight is 352 g/mol. The third-order valence-electron chi connectivity index (χ3n) is 4.47. The van der Waals surface area contributed by atoms with E-state index in [1.54, 1.807) is 12.1 Å². The van der Waals surface area contributed by atoms with Gasteiger partial charge in [0.1, 0.15) is 0 Å². The molecular formula is C20H20N2O4. The Labute approximate surface area is 151 Å². The summed E-state index contributed by atoms with van der Waals surface area (Å²) in [4.78, 5) is 44.0. The van der Waals surface area contributed by atoms with Crippen molar-refractivity contribution in [3.8, 4) is 0 Å². The highest BCUT2D eigenvalue weighted by atomic mass is 16.7. The number of amides is 2. The Morgan fingerprint density at radius 2 is 1.50 bits per heavy atom.